The molecule has 15 aromatic rings. The molecule has 6 nitrogen and oxygen atoms in total. The van der Waals surface area contributed by atoms with Crippen LogP contribution in [0.3, 0.4) is 0 Å². The van der Waals surface area contributed by atoms with Crippen LogP contribution in [0.2, 0.25) is 0 Å². The molecule has 6 heteroatoms. The Kier molecular flexibility index (Phi) is 9.90. The predicted molar refractivity (Wildman–Crippen MR) is 326 cm³/mol. The van der Waals surface area contributed by atoms with Crippen LogP contribution in [0.5, 0.6) is 0 Å². The van der Waals surface area contributed by atoms with Crippen LogP contribution in [0, 0.1) is 0 Å². The van der Waals surface area contributed by atoms with Gasteiger partial charge in [-0.1, -0.05) is 200 Å². The van der Waals surface area contributed by atoms with Crippen LogP contribution in [0.15, 0.2) is 254 Å². The molecule has 78 heavy (non-hydrogen) atoms. The highest BCUT2D eigenvalue weighted by Crippen LogP contribution is 2.45. The van der Waals surface area contributed by atoms with Crippen molar-refractivity contribution in [1.29, 1.82) is 0 Å². The lowest BCUT2D eigenvalue weighted by Gasteiger charge is -2.22. The molecule has 0 saturated carbocycles. The van der Waals surface area contributed by atoms with E-state index in [0.717, 1.165) is 128 Å². The Morgan fingerprint density at radius 3 is 1.04 bits per heavy atom. The van der Waals surface area contributed by atoms with Crippen molar-refractivity contribution in [3.8, 4) is 55.9 Å². The summed E-state index contributed by atoms with van der Waals surface area (Å²) in [4.78, 5) is 26.5. The minimum absolute atomic E-state index is 0.608. The Morgan fingerprint density at radius 2 is 0.590 bits per heavy atom. The van der Waals surface area contributed by atoms with Gasteiger partial charge in [-0.3, -0.25) is 9.97 Å². The summed E-state index contributed by atoms with van der Waals surface area (Å²) in [5.41, 5.74) is 17.9. The Balaban J connectivity index is 0.843. The molecule has 0 spiro atoms. The van der Waals surface area contributed by atoms with Gasteiger partial charge in [-0.25, -0.2) is 15.0 Å². The number of rotatable bonds is 6. The summed E-state index contributed by atoms with van der Waals surface area (Å²) < 4.78 is 0. The van der Waals surface area contributed by atoms with E-state index in [1.807, 2.05) is 12.4 Å². The molecule has 0 saturated heterocycles. The van der Waals surface area contributed by atoms with E-state index < -0.39 is 0 Å². The molecular weight excluding hydrogens is 949 g/mol. The molecule has 0 bridgehead atoms. The van der Waals surface area contributed by atoms with Crippen molar-refractivity contribution in [1.82, 2.24) is 19.9 Å². The molecule has 1 aliphatic rings. The van der Waals surface area contributed by atoms with E-state index in [2.05, 4.69) is 242 Å². The molecule has 0 amide bonds. The maximum Gasteiger partial charge on any atom is 0.0979 e. The fourth-order valence-electron chi connectivity index (χ4n) is 12.2. The number of aromatic nitrogens is 4. The van der Waals surface area contributed by atoms with Crippen molar-refractivity contribution >= 4 is 104 Å². The standard InChI is InChI=1S/C72H44N6/c1-7-28-58-52(22-1)55-25-4-10-31-61(55)70-67(58)73-40-64(76-70)46-19-13-16-43(34-46)49-37-50(44-17-14-20-47(35-44)65-41-74-68-59-29-8-2-23-53(59)56-26-5-11-32-62(56)71(68)77-65)39-51(38-49)45-18-15-21-48(36-45)66-42-75-69-60-30-9-3-24-54(60)57-27-6-12-33-63(57)72(69)78-66/h1-41,75H,42H2. The zero-order valence-electron chi connectivity index (χ0n) is 42.1. The van der Waals surface area contributed by atoms with E-state index in [4.69, 9.17) is 24.9 Å². The lowest BCUT2D eigenvalue weighted by molar-refractivity contribution is 1.31. The molecule has 0 aliphatic carbocycles. The second-order valence-electron chi connectivity index (χ2n) is 20.4. The van der Waals surface area contributed by atoms with Gasteiger partial charge in [0.25, 0.3) is 0 Å². The molecule has 3 heterocycles. The number of hydrogen-bond donors (Lipinski definition) is 1. The van der Waals surface area contributed by atoms with Gasteiger partial charge in [0.05, 0.1) is 69.5 Å². The molecule has 0 fully saturated rings. The number of anilines is 1. The van der Waals surface area contributed by atoms with E-state index in [-0.39, 0.29) is 0 Å². The number of nitrogens with one attached hydrogen (secondary N) is 1. The molecule has 13 aromatic carbocycles. The van der Waals surface area contributed by atoms with Crippen LogP contribution in [-0.4, -0.2) is 32.2 Å². The van der Waals surface area contributed by atoms with E-state index in [1.54, 1.807) is 0 Å². The summed E-state index contributed by atoms with van der Waals surface area (Å²) in [5.74, 6) is 0. The zero-order chi connectivity index (χ0) is 51.3. The average molecular weight is 993 g/mol. The Morgan fingerprint density at radius 1 is 0.269 bits per heavy atom. The van der Waals surface area contributed by atoms with Crippen molar-refractivity contribution in [2.75, 3.05) is 11.9 Å². The van der Waals surface area contributed by atoms with Crippen LogP contribution in [0.25, 0.3) is 143 Å². The van der Waals surface area contributed by atoms with Gasteiger partial charge in [0.2, 0.25) is 0 Å². The van der Waals surface area contributed by atoms with Gasteiger partial charge in [0.1, 0.15) is 0 Å². The maximum absolute atomic E-state index is 5.47. The monoisotopic (exact) mass is 992 g/mol. The first-order chi connectivity index (χ1) is 38.6. The van der Waals surface area contributed by atoms with Crippen molar-refractivity contribution in [2.45, 2.75) is 0 Å². The first-order valence-electron chi connectivity index (χ1n) is 26.5. The third-order valence-electron chi connectivity index (χ3n) is 15.9. The first kappa shape index (κ1) is 43.9. The quantitative estimate of drug-likeness (QED) is 0.168. The largest absolute Gasteiger partial charge is 0.377 e. The molecule has 362 valence electrons. The Bertz CT molecular complexity index is 4770. The van der Waals surface area contributed by atoms with E-state index in [9.17, 15) is 0 Å². The second-order valence-corrected chi connectivity index (χ2v) is 20.4. The smallest absolute Gasteiger partial charge is 0.0979 e. The minimum Gasteiger partial charge on any atom is -0.377 e. The number of fused-ring (bicyclic) bond motifs is 18. The number of benzene rings is 13. The van der Waals surface area contributed by atoms with Crippen molar-refractivity contribution in [3.63, 3.8) is 0 Å². The van der Waals surface area contributed by atoms with Crippen LogP contribution in [0.4, 0.5) is 11.4 Å². The normalized spacial score (nSPS) is 12.5. The van der Waals surface area contributed by atoms with Crippen molar-refractivity contribution in [2.24, 2.45) is 4.99 Å². The third-order valence-corrected chi connectivity index (χ3v) is 15.9. The highest BCUT2D eigenvalue weighted by Gasteiger charge is 2.21. The highest BCUT2D eigenvalue weighted by atomic mass is 15.0. The van der Waals surface area contributed by atoms with Crippen LogP contribution in [-0.2, 0) is 0 Å². The molecular formula is C72H44N6. The molecule has 0 atom stereocenters. The molecule has 16 rings (SSSR count). The topological polar surface area (TPSA) is 76.0 Å². The summed E-state index contributed by atoms with van der Waals surface area (Å²) >= 11 is 0. The zero-order valence-corrected chi connectivity index (χ0v) is 42.1. The Labute approximate surface area is 448 Å². The summed E-state index contributed by atoms with van der Waals surface area (Å²) in [7, 11) is 0. The molecule has 2 aromatic heterocycles. The van der Waals surface area contributed by atoms with Gasteiger partial charge in [-0.2, -0.15) is 0 Å². The second kappa shape index (κ2) is 17.6. The molecule has 1 aliphatic heterocycles. The lowest BCUT2D eigenvalue weighted by Crippen LogP contribution is -2.19. The number of hydrogen-bond acceptors (Lipinski definition) is 6. The third kappa shape index (κ3) is 7.08. The van der Waals surface area contributed by atoms with Gasteiger partial charge in [0, 0.05) is 43.4 Å². The Hall–Kier alpha value is -10.4. The SMILES string of the molecule is c1cc(C2=Nc3c(c4ccccc4c4ccccc34)NC2)cc(-c2cc(-c3cccc(-c4cnc5c6ccccc6c6ccccc6c5n4)c3)cc(-c3cccc(-c4cnc5c6ccccc6c6ccccc6c5n4)c3)c2)c1. The summed E-state index contributed by atoms with van der Waals surface area (Å²) in [6.45, 7) is 0.608. The van der Waals surface area contributed by atoms with Gasteiger partial charge in [-0.05, 0) is 108 Å². The average Bonchev–Trinajstić information content (AvgIpc) is 3.70. The number of nitrogens with zero attached hydrogens (tertiary/aromatic N) is 5. The minimum atomic E-state index is 0.608. The summed E-state index contributed by atoms with van der Waals surface area (Å²) in [6, 6.07) is 84.5. The van der Waals surface area contributed by atoms with E-state index in [1.165, 1.54) is 37.7 Å². The predicted octanol–water partition coefficient (Wildman–Crippen LogP) is 18.4. The van der Waals surface area contributed by atoms with Crippen LogP contribution < -0.4 is 5.32 Å². The van der Waals surface area contributed by atoms with Gasteiger partial charge in [0.15, 0.2) is 0 Å². The van der Waals surface area contributed by atoms with Crippen LogP contribution in [0.1, 0.15) is 5.56 Å². The molecule has 1 N–H and O–H groups in total. The van der Waals surface area contributed by atoms with Crippen molar-refractivity contribution < 1.29 is 0 Å². The summed E-state index contributed by atoms with van der Waals surface area (Å²) in [6.07, 6.45) is 3.85. The number of aliphatic imine (C=N–C) groups is 1. The molecule has 0 unspecified atom stereocenters. The maximum atomic E-state index is 5.47. The fourth-order valence-corrected chi connectivity index (χ4v) is 12.2. The fraction of sp³-hybridized carbons (Fsp3) is 0.0139. The highest BCUT2D eigenvalue weighted by molar-refractivity contribution is 6.25. The van der Waals surface area contributed by atoms with Gasteiger partial charge >= 0.3 is 0 Å². The lowest BCUT2D eigenvalue weighted by atomic mass is 9.91. The molecule has 0 radical (unpaired) electrons. The van der Waals surface area contributed by atoms with E-state index in [0.29, 0.717) is 6.54 Å². The van der Waals surface area contributed by atoms with Gasteiger partial charge in [-0.15, -0.1) is 0 Å². The van der Waals surface area contributed by atoms with Crippen molar-refractivity contribution in [3.05, 3.63) is 255 Å². The van der Waals surface area contributed by atoms with Crippen LogP contribution >= 0.6 is 0 Å². The summed E-state index contributed by atoms with van der Waals surface area (Å²) in [5, 5.41) is 17.7. The first-order valence-corrected chi connectivity index (χ1v) is 26.5. The van der Waals surface area contributed by atoms with E-state index >= 15 is 0 Å². The van der Waals surface area contributed by atoms with Gasteiger partial charge < -0.3 is 5.32 Å².